The van der Waals surface area contributed by atoms with E-state index in [2.05, 4.69) is 4.72 Å². The minimum atomic E-state index is -3.78. The van der Waals surface area contributed by atoms with Crippen LogP contribution < -0.4 is 4.72 Å². The van der Waals surface area contributed by atoms with Crippen LogP contribution in [0, 0.1) is 0 Å². The van der Waals surface area contributed by atoms with Crippen LogP contribution in [0.5, 0.6) is 0 Å². The number of allylic oxidation sites excluding steroid dienone is 1. The highest BCUT2D eigenvalue weighted by molar-refractivity contribution is 7.89. The number of hydrogen-bond acceptors (Lipinski definition) is 5. The van der Waals surface area contributed by atoms with Gasteiger partial charge in [-0.15, -0.1) is 0 Å². The Hall–Kier alpha value is -2.10. The topological polar surface area (TPSA) is 113 Å². The maximum atomic E-state index is 12.7. The molecular weight excluding hydrogens is 444 g/mol. The van der Waals surface area contributed by atoms with Crippen molar-refractivity contribution in [3.05, 3.63) is 41.4 Å². The van der Waals surface area contributed by atoms with E-state index in [1.165, 1.54) is 29.2 Å². The summed E-state index contributed by atoms with van der Waals surface area (Å²) in [4.78, 5) is 24.9. The number of carbonyl (C=O) groups is 2. The number of nitrogens with zero attached hydrogens (tertiary/aromatic N) is 1. The number of rotatable bonds is 8. The molecular formula is C21H29ClN2O6S. The molecule has 0 saturated carbocycles. The first-order valence-corrected chi connectivity index (χ1v) is 11.9. The fraction of sp³-hybridized carbons (Fsp3) is 0.524. The zero-order valence-electron chi connectivity index (χ0n) is 17.9. The number of likely N-dealkylation sites (tertiary alicyclic amines) is 1. The van der Waals surface area contributed by atoms with Crippen LogP contribution in [0.15, 0.2) is 41.3 Å². The molecule has 0 unspecified atom stereocenters. The van der Waals surface area contributed by atoms with Gasteiger partial charge in [-0.1, -0.05) is 23.8 Å². The van der Waals surface area contributed by atoms with E-state index in [-0.39, 0.29) is 23.9 Å². The highest BCUT2D eigenvalue weighted by Gasteiger charge is 2.38. The number of carbonyl (C=O) groups excluding carboxylic acids is 1. The van der Waals surface area contributed by atoms with Gasteiger partial charge in [-0.25, -0.2) is 17.9 Å². The molecule has 0 spiro atoms. The molecule has 1 fully saturated rings. The first kappa shape index (κ1) is 25.2. The molecule has 1 saturated heterocycles. The molecule has 1 aliphatic heterocycles. The fourth-order valence-electron chi connectivity index (χ4n) is 3.19. The lowest BCUT2D eigenvalue weighted by Crippen LogP contribution is -2.41. The molecule has 1 aromatic rings. The summed E-state index contributed by atoms with van der Waals surface area (Å²) < 4.78 is 33.5. The molecule has 8 nitrogen and oxygen atoms in total. The van der Waals surface area contributed by atoms with E-state index < -0.39 is 33.7 Å². The van der Waals surface area contributed by atoms with Crippen molar-refractivity contribution in [3.63, 3.8) is 0 Å². The number of ether oxygens (including phenoxy) is 1. The summed E-state index contributed by atoms with van der Waals surface area (Å²) in [6.45, 7) is 5.45. The van der Waals surface area contributed by atoms with Crippen molar-refractivity contribution in [1.82, 2.24) is 9.62 Å². The monoisotopic (exact) mass is 472 g/mol. The van der Waals surface area contributed by atoms with E-state index in [1.54, 1.807) is 20.8 Å². The molecule has 0 aliphatic carbocycles. The van der Waals surface area contributed by atoms with E-state index in [9.17, 15) is 18.0 Å². The SMILES string of the molecule is CC(C)(C)OC(=O)N1C[C@H](NS(=O)(=O)c2ccc(Cl)cc2)C[C@H]1/C=C\CCCC(=O)O. The number of sulfonamides is 1. The van der Waals surface area contributed by atoms with Gasteiger partial charge in [0.1, 0.15) is 5.60 Å². The Labute approximate surface area is 188 Å². The molecule has 0 bridgehead atoms. The molecule has 1 amide bonds. The Morgan fingerprint density at radius 3 is 2.52 bits per heavy atom. The van der Waals surface area contributed by atoms with Gasteiger partial charge in [0.05, 0.1) is 10.9 Å². The van der Waals surface area contributed by atoms with Crippen LogP contribution in [0.2, 0.25) is 5.02 Å². The lowest BCUT2D eigenvalue weighted by Gasteiger charge is -2.27. The Morgan fingerprint density at radius 2 is 1.94 bits per heavy atom. The number of halogens is 1. The Kier molecular flexibility index (Phi) is 8.50. The summed E-state index contributed by atoms with van der Waals surface area (Å²) >= 11 is 5.83. The molecule has 1 aromatic carbocycles. The van der Waals surface area contributed by atoms with Gasteiger partial charge in [0.15, 0.2) is 0 Å². The summed E-state index contributed by atoms with van der Waals surface area (Å²) in [5.41, 5.74) is -0.687. The van der Waals surface area contributed by atoms with Gasteiger partial charge in [0, 0.05) is 24.0 Å². The Balaban J connectivity index is 2.11. The third-order valence-electron chi connectivity index (χ3n) is 4.54. The molecule has 2 rings (SSSR count). The average Bonchev–Trinajstić information content (AvgIpc) is 3.02. The molecule has 2 N–H and O–H groups in total. The van der Waals surface area contributed by atoms with E-state index in [1.807, 2.05) is 12.2 Å². The summed E-state index contributed by atoms with van der Waals surface area (Å²) in [6.07, 6.45) is 4.57. The summed E-state index contributed by atoms with van der Waals surface area (Å²) in [5, 5.41) is 9.17. The molecule has 1 heterocycles. The van der Waals surface area contributed by atoms with Gasteiger partial charge in [-0.3, -0.25) is 4.79 Å². The first-order valence-electron chi connectivity index (χ1n) is 10.0. The summed E-state index contributed by atoms with van der Waals surface area (Å²) in [7, 11) is -3.78. The molecule has 0 aromatic heterocycles. The van der Waals surface area contributed by atoms with Crippen LogP contribution in [-0.2, 0) is 19.6 Å². The number of nitrogens with one attached hydrogen (secondary N) is 1. The predicted octanol–water partition coefficient (Wildman–Crippen LogP) is 3.81. The van der Waals surface area contributed by atoms with Gasteiger partial charge in [0.2, 0.25) is 10.0 Å². The number of carboxylic acid groups (broad SMARTS) is 1. The first-order chi connectivity index (χ1) is 14.4. The van der Waals surface area contributed by atoms with Crippen molar-refractivity contribution in [1.29, 1.82) is 0 Å². The van der Waals surface area contributed by atoms with Crippen LogP contribution in [0.3, 0.4) is 0 Å². The lowest BCUT2D eigenvalue weighted by atomic mass is 10.1. The number of carboxylic acids is 1. The maximum Gasteiger partial charge on any atom is 0.410 e. The standard InChI is InChI=1S/C21H29ClN2O6S/c1-21(2,3)30-20(27)24-14-16(13-17(24)7-5-4-6-8-19(25)26)23-31(28,29)18-11-9-15(22)10-12-18/h5,7,9-12,16-17,23H,4,6,8,13-14H2,1-3H3,(H,25,26)/b7-5-/t16-,17-/m1/s1. The van der Waals surface area contributed by atoms with Crippen molar-refractivity contribution in [2.24, 2.45) is 0 Å². The van der Waals surface area contributed by atoms with E-state index in [4.69, 9.17) is 21.4 Å². The fourth-order valence-corrected chi connectivity index (χ4v) is 4.56. The Morgan fingerprint density at radius 1 is 1.29 bits per heavy atom. The molecule has 1 aliphatic rings. The van der Waals surface area contributed by atoms with Gasteiger partial charge < -0.3 is 14.7 Å². The van der Waals surface area contributed by atoms with Crippen LogP contribution >= 0.6 is 11.6 Å². The van der Waals surface area contributed by atoms with E-state index in [0.717, 1.165) is 0 Å². The summed E-state index contributed by atoms with van der Waals surface area (Å²) in [5.74, 6) is -0.860. The van der Waals surface area contributed by atoms with Crippen molar-refractivity contribution >= 4 is 33.7 Å². The van der Waals surface area contributed by atoms with Crippen LogP contribution in [0.25, 0.3) is 0 Å². The molecule has 0 radical (unpaired) electrons. The molecule has 2 atom stereocenters. The number of hydrogen-bond donors (Lipinski definition) is 2. The van der Waals surface area contributed by atoms with Gasteiger partial charge in [-0.2, -0.15) is 0 Å². The molecule has 10 heteroatoms. The van der Waals surface area contributed by atoms with Crippen molar-refractivity contribution < 1.29 is 27.9 Å². The second-order valence-electron chi connectivity index (χ2n) is 8.42. The maximum absolute atomic E-state index is 12.7. The highest BCUT2D eigenvalue weighted by Crippen LogP contribution is 2.24. The van der Waals surface area contributed by atoms with Crippen molar-refractivity contribution in [3.8, 4) is 0 Å². The summed E-state index contributed by atoms with van der Waals surface area (Å²) in [6, 6.07) is 4.98. The second kappa shape index (κ2) is 10.5. The van der Waals surface area contributed by atoms with Crippen LogP contribution in [-0.4, -0.2) is 54.7 Å². The van der Waals surface area contributed by atoms with Gasteiger partial charge in [-0.05, 0) is 64.3 Å². The zero-order valence-corrected chi connectivity index (χ0v) is 19.4. The molecule has 172 valence electrons. The predicted molar refractivity (Wildman–Crippen MR) is 118 cm³/mol. The minimum Gasteiger partial charge on any atom is -0.481 e. The minimum absolute atomic E-state index is 0.0638. The van der Waals surface area contributed by atoms with Crippen LogP contribution in [0.1, 0.15) is 46.5 Å². The average molecular weight is 473 g/mol. The smallest absolute Gasteiger partial charge is 0.410 e. The molecule has 31 heavy (non-hydrogen) atoms. The van der Waals surface area contributed by atoms with Crippen LogP contribution in [0.4, 0.5) is 4.79 Å². The van der Waals surface area contributed by atoms with Crippen molar-refractivity contribution in [2.45, 2.75) is 69.0 Å². The number of amides is 1. The largest absolute Gasteiger partial charge is 0.481 e. The number of aliphatic carboxylic acids is 1. The number of benzene rings is 1. The number of unbranched alkanes of at least 4 members (excludes halogenated alkanes) is 1. The Bertz CT molecular complexity index is 909. The third-order valence-corrected chi connectivity index (χ3v) is 6.33. The van der Waals surface area contributed by atoms with Gasteiger partial charge in [0.25, 0.3) is 0 Å². The van der Waals surface area contributed by atoms with E-state index >= 15 is 0 Å². The zero-order chi connectivity index (χ0) is 23.2. The quantitative estimate of drug-likeness (QED) is 0.439. The lowest BCUT2D eigenvalue weighted by molar-refractivity contribution is -0.137. The van der Waals surface area contributed by atoms with Gasteiger partial charge >= 0.3 is 12.1 Å². The second-order valence-corrected chi connectivity index (χ2v) is 10.6. The highest BCUT2D eigenvalue weighted by atomic mass is 35.5. The normalized spacial score (nSPS) is 19.7. The van der Waals surface area contributed by atoms with E-state index in [0.29, 0.717) is 24.3 Å². The third kappa shape index (κ3) is 8.16. The van der Waals surface area contributed by atoms with Crippen molar-refractivity contribution in [2.75, 3.05) is 6.54 Å².